The van der Waals surface area contributed by atoms with E-state index in [1.165, 1.54) is 4.90 Å². The SMILES string of the molecule is CC1CCC2(CC1C)OCC(C(=O)O)N2C(=O)OCC1c2ccccc2-c2ccccc21. The summed E-state index contributed by atoms with van der Waals surface area (Å²) < 4.78 is 11.9. The number of hydrogen-bond acceptors (Lipinski definition) is 4. The van der Waals surface area contributed by atoms with Crippen molar-refractivity contribution in [3.8, 4) is 11.1 Å². The van der Waals surface area contributed by atoms with E-state index >= 15 is 0 Å². The molecule has 5 rings (SSSR count). The van der Waals surface area contributed by atoms with Gasteiger partial charge in [-0.3, -0.25) is 4.90 Å². The molecule has 32 heavy (non-hydrogen) atoms. The molecule has 1 heterocycles. The summed E-state index contributed by atoms with van der Waals surface area (Å²) in [5.74, 6) is -0.279. The van der Waals surface area contributed by atoms with Gasteiger partial charge in [-0.2, -0.15) is 0 Å². The lowest BCUT2D eigenvalue weighted by Crippen LogP contribution is -2.56. The topological polar surface area (TPSA) is 76.1 Å². The molecule has 1 amide bonds. The van der Waals surface area contributed by atoms with Crippen LogP contribution in [0.1, 0.15) is 50.2 Å². The molecule has 2 aromatic carbocycles. The number of carboxylic acids is 1. The summed E-state index contributed by atoms with van der Waals surface area (Å²) >= 11 is 0. The van der Waals surface area contributed by atoms with Crippen molar-refractivity contribution in [2.24, 2.45) is 11.8 Å². The third-order valence-corrected chi connectivity index (χ3v) is 7.68. The van der Waals surface area contributed by atoms with E-state index in [0.717, 1.165) is 28.7 Å². The van der Waals surface area contributed by atoms with E-state index in [4.69, 9.17) is 9.47 Å². The monoisotopic (exact) mass is 435 g/mol. The van der Waals surface area contributed by atoms with Gasteiger partial charge in [-0.05, 0) is 53.4 Å². The van der Waals surface area contributed by atoms with Crippen LogP contribution in [0.4, 0.5) is 4.79 Å². The van der Waals surface area contributed by atoms with Gasteiger partial charge in [0, 0.05) is 5.92 Å². The number of aliphatic carboxylic acids is 1. The Morgan fingerprint density at radius 2 is 1.69 bits per heavy atom. The fourth-order valence-corrected chi connectivity index (χ4v) is 5.70. The number of carbonyl (C=O) groups excluding carboxylic acids is 1. The first kappa shape index (κ1) is 21.0. The van der Waals surface area contributed by atoms with E-state index in [1.807, 2.05) is 24.3 Å². The number of amides is 1. The molecule has 2 aromatic rings. The first-order valence-corrected chi connectivity index (χ1v) is 11.4. The molecular formula is C26H29NO5. The van der Waals surface area contributed by atoms with Crippen LogP contribution >= 0.6 is 0 Å². The summed E-state index contributed by atoms with van der Waals surface area (Å²) in [4.78, 5) is 26.7. The van der Waals surface area contributed by atoms with Gasteiger partial charge < -0.3 is 14.6 Å². The maximum atomic E-state index is 13.4. The van der Waals surface area contributed by atoms with Crippen molar-refractivity contribution < 1.29 is 24.2 Å². The summed E-state index contributed by atoms with van der Waals surface area (Å²) in [7, 11) is 0. The highest BCUT2D eigenvalue weighted by molar-refractivity contribution is 5.82. The van der Waals surface area contributed by atoms with Crippen molar-refractivity contribution in [3.05, 3.63) is 59.7 Å². The number of rotatable bonds is 3. The van der Waals surface area contributed by atoms with Gasteiger partial charge in [0.05, 0.1) is 6.61 Å². The molecule has 4 unspecified atom stereocenters. The highest BCUT2D eigenvalue weighted by Gasteiger charge is 2.56. The minimum absolute atomic E-state index is 0.000625. The van der Waals surface area contributed by atoms with Crippen LogP contribution in [0.2, 0.25) is 0 Å². The second-order valence-corrected chi connectivity index (χ2v) is 9.48. The van der Waals surface area contributed by atoms with Gasteiger partial charge in [-0.1, -0.05) is 62.4 Å². The minimum Gasteiger partial charge on any atom is -0.480 e. The molecule has 168 valence electrons. The number of benzene rings is 2. The first-order chi connectivity index (χ1) is 15.4. The molecular weight excluding hydrogens is 406 g/mol. The van der Waals surface area contributed by atoms with Gasteiger partial charge in [-0.25, -0.2) is 9.59 Å². The molecule has 1 N–H and O–H groups in total. The van der Waals surface area contributed by atoms with Gasteiger partial charge in [0.1, 0.15) is 12.3 Å². The highest BCUT2D eigenvalue weighted by atomic mass is 16.6. The highest BCUT2D eigenvalue weighted by Crippen LogP contribution is 2.47. The van der Waals surface area contributed by atoms with Crippen LogP contribution in [-0.2, 0) is 14.3 Å². The Balaban J connectivity index is 1.40. The van der Waals surface area contributed by atoms with E-state index in [9.17, 15) is 14.7 Å². The average molecular weight is 436 g/mol. The molecule has 2 aliphatic carbocycles. The van der Waals surface area contributed by atoms with E-state index in [1.54, 1.807) is 0 Å². The van der Waals surface area contributed by atoms with E-state index < -0.39 is 23.8 Å². The zero-order chi connectivity index (χ0) is 22.5. The molecule has 0 aromatic heterocycles. The van der Waals surface area contributed by atoms with Crippen LogP contribution in [0.25, 0.3) is 11.1 Å². The number of carbonyl (C=O) groups is 2. The third-order valence-electron chi connectivity index (χ3n) is 7.68. The summed E-state index contributed by atoms with van der Waals surface area (Å²) in [6.07, 6.45) is 1.55. The van der Waals surface area contributed by atoms with Gasteiger partial charge in [0.25, 0.3) is 0 Å². The van der Waals surface area contributed by atoms with Crippen LogP contribution < -0.4 is 0 Å². The van der Waals surface area contributed by atoms with Gasteiger partial charge >= 0.3 is 12.1 Å². The van der Waals surface area contributed by atoms with Crippen molar-refractivity contribution in [2.75, 3.05) is 13.2 Å². The molecule has 1 saturated carbocycles. The number of ether oxygens (including phenoxy) is 2. The molecule has 3 aliphatic rings. The van der Waals surface area contributed by atoms with Crippen molar-refractivity contribution in [3.63, 3.8) is 0 Å². The van der Waals surface area contributed by atoms with Crippen LogP contribution in [0, 0.1) is 11.8 Å². The van der Waals surface area contributed by atoms with Crippen LogP contribution in [0.5, 0.6) is 0 Å². The molecule has 1 spiro atoms. The van der Waals surface area contributed by atoms with E-state index in [2.05, 4.69) is 38.1 Å². The number of nitrogens with zero attached hydrogens (tertiary/aromatic N) is 1. The lowest BCUT2D eigenvalue weighted by atomic mass is 9.76. The lowest BCUT2D eigenvalue weighted by molar-refractivity contribution is -0.146. The Bertz CT molecular complexity index is 1010. The average Bonchev–Trinajstić information content (AvgIpc) is 3.31. The Morgan fingerprint density at radius 3 is 2.28 bits per heavy atom. The molecule has 4 atom stereocenters. The standard InChI is InChI=1S/C26H29NO5/c1-16-11-12-26(13-17(16)2)27(23(15-32-26)24(28)29)25(30)31-14-22-20-9-5-3-7-18(20)19-8-4-6-10-21(19)22/h3-10,16-17,22-23H,11-15H2,1-2H3,(H,28,29). The fourth-order valence-electron chi connectivity index (χ4n) is 5.70. The maximum absolute atomic E-state index is 13.4. The molecule has 1 aliphatic heterocycles. The second-order valence-electron chi connectivity index (χ2n) is 9.48. The number of carboxylic acid groups (broad SMARTS) is 1. The molecule has 2 fully saturated rings. The molecule has 0 bridgehead atoms. The third kappa shape index (κ3) is 3.28. The van der Waals surface area contributed by atoms with Gasteiger partial charge in [0.2, 0.25) is 0 Å². The number of hydrogen-bond donors (Lipinski definition) is 1. The Hall–Kier alpha value is -2.86. The molecule has 1 saturated heterocycles. The molecule has 6 nitrogen and oxygen atoms in total. The van der Waals surface area contributed by atoms with Gasteiger partial charge in [-0.15, -0.1) is 0 Å². The molecule has 6 heteroatoms. The van der Waals surface area contributed by atoms with Crippen molar-refractivity contribution in [2.45, 2.75) is 50.8 Å². The zero-order valence-electron chi connectivity index (χ0n) is 18.5. The Kier molecular flexibility index (Phi) is 5.20. The smallest absolute Gasteiger partial charge is 0.412 e. The summed E-state index contributed by atoms with van der Waals surface area (Å²) in [6, 6.07) is 15.3. The largest absolute Gasteiger partial charge is 0.480 e. The van der Waals surface area contributed by atoms with E-state index in [0.29, 0.717) is 24.7 Å². The Morgan fingerprint density at radius 1 is 1.06 bits per heavy atom. The Labute approximate surface area is 188 Å². The summed E-state index contributed by atoms with van der Waals surface area (Å²) in [6.45, 7) is 4.50. The van der Waals surface area contributed by atoms with Crippen LogP contribution in [0.3, 0.4) is 0 Å². The fraction of sp³-hybridized carbons (Fsp3) is 0.462. The quantitative estimate of drug-likeness (QED) is 0.744. The van der Waals surface area contributed by atoms with Crippen LogP contribution in [-0.4, -0.2) is 47.0 Å². The summed E-state index contributed by atoms with van der Waals surface area (Å²) in [5.41, 5.74) is 3.68. The lowest BCUT2D eigenvalue weighted by Gasteiger charge is -2.44. The van der Waals surface area contributed by atoms with Crippen molar-refractivity contribution in [1.29, 1.82) is 0 Å². The zero-order valence-corrected chi connectivity index (χ0v) is 18.5. The molecule has 0 radical (unpaired) electrons. The van der Waals surface area contributed by atoms with E-state index in [-0.39, 0.29) is 19.1 Å². The predicted molar refractivity (Wildman–Crippen MR) is 119 cm³/mol. The normalized spacial score (nSPS) is 29.1. The first-order valence-electron chi connectivity index (χ1n) is 11.4. The number of fused-ring (bicyclic) bond motifs is 3. The van der Waals surface area contributed by atoms with Crippen molar-refractivity contribution >= 4 is 12.1 Å². The predicted octanol–water partition coefficient (Wildman–Crippen LogP) is 4.87. The summed E-state index contributed by atoms with van der Waals surface area (Å²) in [5, 5.41) is 9.78. The van der Waals surface area contributed by atoms with Gasteiger partial charge in [0.15, 0.2) is 6.04 Å². The maximum Gasteiger partial charge on any atom is 0.412 e. The minimum atomic E-state index is -1.05. The van der Waals surface area contributed by atoms with Crippen molar-refractivity contribution in [1.82, 2.24) is 4.90 Å². The van der Waals surface area contributed by atoms with Crippen LogP contribution in [0.15, 0.2) is 48.5 Å². The second kappa shape index (κ2) is 7.93.